The van der Waals surface area contributed by atoms with Crippen molar-refractivity contribution >= 4 is 12.2 Å². The van der Waals surface area contributed by atoms with Crippen molar-refractivity contribution in [1.82, 2.24) is 10.2 Å². The molecule has 0 aromatic heterocycles. The minimum Gasteiger partial charge on any atom is -0.444 e. The van der Waals surface area contributed by atoms with Crippen LogP contribution in [0.1, 0.15) is 95.9 Å². The van der Waals surface area contributed by atoms with Gasteiger partial charge in [0, 0.05) is 14.2 Å². The summed E-state index contributed by atoms with van der Waals surface area (Å²) < 4.78 is 26.9. The minimum atomic E-state index is -0.643. The third-order valence-corrected chi connectivity index (χ3v) is 5.76. The second-order valence-electron chi connectivity index (χ2n) is 14.4. The van der Waals surface area contributed by atoms with Gasteiger partial charge in [-0.25, -0.2) is 9.59 Å². The van der Waals surface area contributed by atoms with Crippen molar-refractivity contribution < 1.29 is 38.4 Å². The Morgan fingerprint density at radius 2 is 1.41 bits per heavy atom. The topological polar surface area (TPSA) is 116 Å². The fourth-order valence-electron chi connectivity index (χ4n) is 4.55. The maximum Gasteiger partial charge on any atom is 0.412 e. The van der Waals surface area contributed by atoms with Gasteiger partial charge in [-0.1, -0.05) is 27.7 Å². The fourth-order valence-corrected chi connectivity index (χ4v) is 4.55. The van der Waals surface area contributed by atoms with Crippen LogP contribution >= 0.6 is 0 Å². The van der Waals surface area contributed by atoms with E-state index in [1.54, 1.807) is 39.9 Å². The number of methoxy groups -OCH3 is 2. The molecule has 0 aromatic carbocycles. The summed E-state index contributed by atoms with van der Waals surface area (Å²) in [6.45, 7) is 24.8. The van der Waals surface area contributed by atoms with E-state index in [4.69, 9.17) is 23.7 Å². The Morgan fingerprint density at radius 3 is 1.85 bits per heavy atom. The van der Waals surface area contributed by atoms with Crippen LogP contribution in [0.3, 0.4) is 0 Å². The predicted molar refractivity (Wildman–Crippen MR) is 153 cm³/mol. The summed E-state index contributed by atoms with van der Waals surface area (Å²) in [7, 11) is 3.33. The number of ether oxygens (including phenoxy) is 5. The molecule has 1 aliphatic rings. The normalized spacial score (nSPS) is 18.6. The molecular weight excluding hydrogens is 504 g/mol. The Morgan fingerprint density at radius 1 is 0.923 bits per heavy atom. The third-order valence-electron chi connectivity index (χ3n) is 5.76. The molecule has 10 heteroatoms. The summed E-state index contributed by atoms with van der Waals surface area (Å²) >= 11 is 0. The Bertz CT molecular complexity index is 753. The molecule has 0 aromatic rings. The number of rotatable bonds is 10. The van der Waals surface area contributed by atoms with Gasteiger partial charge in [-0.05, 0) is 79.1 Å². The number of aliphatic hydroxyl groups is 1. The summed E-state index contributed by atoms with van der Waals surface area (Å²) in [5.74, 6) is 0. The Labute approximate surface area is 237 Å². The van der Waals surface area contributed by atoms with Crippen LogP contribution < -0.4 is 5.32 Å². The second kappa shape index (κ2) is 14.8. The van der Waals surface area contributed by atoms with Crippen LogP contribution in [0.2, 0.25) is 0 Å². The zero-order valence-electron chi connectivity index (χ0n) is 27.1. The highest BCUT2D eigenvalue weighted by atomic mass is 16.6. The van der Waals surface area contributed by atoms with Gasteiger partial charge in [-0.15, -0.1) is 0 Å². The van der Waals surface area contributed by atoms with Gasteiger partial charge in [0.05, 0.1) is 38.5 Å². The van der Waals surface area contributed by atoms with E-state index in [9.17, 15) is 14.7 Å². The lowest BCUT2D eigenvalue weighted by atomic mass is 9.86. The Hall–Kier alpha value is -1.62. The number of carbonyl (C=O) groups is 2. The molecule has 2 atom stereocenters. The van der Waals surface area contributed by atoms with Gasteiger partial charge < -0.3 is 34.1 Å². The molecule has 2 N–H and O–H groups in total. The van der Waals surface area contributed by atoms with Gasteiger partial charge >= 0.3 is 12.2 Å². The fraction of sp³-hybridized carbons (Fsp3) is 0.931. The molecule has 232 valence electrons. The number of nitrogens with one attached hydrogen (secondary N) is 1. The zero-order chi connectivity index (χ0) is 30.9. The van der Waals surface area contributed by atoms with Crippen molar-refractivity contribution in [2.24, 2.45) is 10.8 Å². The van der Waals surface area contributed by atoms with Crippen molar-refractivity contribution in [2.45, 2.75) is 125 Å². The van der Waals surface area contributed by atoms with Gasteiger partial charge in [0.1, 0.15) is 16.9 Å². The van der Waals surface area contributed by atoms with E-state index in [1.807, 2.05) is 48.5 Å². The molecule has 0 bridgehead atoms. The Kier molecular flexibility index (Phi) is 14.2. The van der Waals surface area contributed by atoms with Gasteiger partial charge in [-0.3, -0.25) is 4.90 Å². The van der Waals surface area contributed by atoms with E-state index in [2.05, 4.69) is 19.2 Å². The molecular formula is C29H58N2O8. The van der Waals surface area contributed by atoms with Crippen LogP contribution in [0.5, 0.6) is 0 Å². The molecule has 0 spiro atoms. The summed E-state index contributed by atoms with van der Waals surface area (Å²) in [4.78, 5) is 25.9. The van der Waals surface area contributed by atoms with Crippen molar-refractivity contribution in [3.05, 3.63) is 0 Å². The molecule has 1 heterocycles. The van der Waals surface area contributed by atoms with E-state index in [0.717, 1.165) is 6.42 Å². The average molecular weight is 563 g/mol. The maximum absolute atomic E-state index is 12.5. The molecule has 1 fully saturated rings. The molecule has 0 saturated carbocycles. The predicted octanol–water partition coefficient (Wildman–Crippen LogP) is 5.36. The van der Waals surface area contributed by atoms with Crippen LogP contribution in [-0.4, -0.2) is 91.9 Å². The van der Waals surface area contributed by atoms with Gasteiger partial charge in [0.15, 0.2) is 0 Å². The smallest absolute Gasteiger partial charge is 0.412 e. The van der Waals surface area contributed by atoms with Crippen molar-refractivity contribution in [2.75, 3.05) is 40.6 Å². The monoisotopic (exact) mass is 562 g/mol. The van der Waals surface area contributed by atoms with Crippen LogP contribution in [-0.2, 0) is 23.7 Å². The van der Waals surface area contributed by atoms with E-state index in [1.165, 1.54) is 0 Å². The second-order valence-corrected chi connectivity index (χ2v) is 14.4. The molecule has 2 amide bonds. The number of carbonyl (C=O) groups excluding carboxylic acids is 2. The number of hydrogen-bond acceptors (Lipinski definition) is 8. The molecule has 1 rings (SSSR count). The average Bonchev–Trinajstić information content (AvgIpc) is 2.98. The lowest BCUT2D eigenvalue weighted by Crippen LogP contribution is -2.51. The highest BCUT2D eigenvalue weighted by Crippen LogP contribution is 2.35. The van der Waals surface area contributed by atoms with Crippen molar-refractivity contribution in [3.63, 3.8) is 0 Å². The van der Waals surface area contributed by atoms with E-state index in [0.29, 0.717) is 26.2 Å². The summed E-state index contributed by atoms with van der Waals surface area (Å²) in [5, 5.41) is 12.0. The summed E-state index contributed by atoms with van der Waals surface area (Å²) in [6.07, 6.45) is 0.609. The lowest BCUT2D eigenvalue weighted by molar-refractivity contribution is -0.0642. The minimum absolute atomic E-state index is 0.000000000000000444. The van der Waals surface area contributed by atoms with E-state index >= 15 is 0 Å². The molecule has 39 heavy (non-hydrogen) atoms. The number of nitrogens with zero attached hydrogens (tertiary/aromatic N) is 1. The van der Waals surface area contributed by atoms with Crippen LogP contribution in [0.4, 0.5) is 9.59 Å². The summed E-state index contributed by atoms with van der Waals surface area (Å²) in [6, 6.07) is -0.329. The largest absolute Gasteiger partial charge is 0.444 e. The van der Waals surface area contributed by atoms with Crippen molar-refractivity contribution in [3.8, 4) is 0 Å². The number of alkyl carbamates (subject to hydrolysis) is 1. The molecule has 10 nitrogen and oxygen atoms in total. The lowest BCUT2D eigenvalue weighted by Gasteiger charge is -2.37. The summed E-state index contributed by atoms with van der Waals surface area (Å²) in [5.41, 5.74) is -1.83. The first-order valence-corrected chi connectivity index (χ1v) is 13.7. The van der Waals surface area contributed by atoms with Crippen molar-refractivity contribution in [1.29, 1.82) is 0 Å². The number of aliphatic hydroxyl groups excluding tert-OH is 1. The van der Waals surface area contributed by atoms with E-state index in [-0.39, 0.29) is 35.6 Å². The maximum atomic E-state index is 12.5. The highest BCUT2D eigenvalue weighted by molar-refractivity contribution is 5.69. The van der Waals surface area contributed by atoms with Crippen LogP contribution in [0, 0.1) is 10.8 Å². The molecule has 0 unspecified atom stereocenters. The number of hydrogen-bond donors (Lipinski definition) is 2. The molecule has 1 saturated heterocycles. The third kappa shape index (κ3) is 15.7. The first kappa shape index (κ1) is 37.4. The highest BCUT2D eigenvalue weighted by Gasteiger charge is 2.47. The zero-order valence-corrected chi connectivity index (χ0v) is 27.1. The quantitative estimate of drug-likeness (QED) is 0.366. The van der Waals surface area contributed by atoms with Crippen LogP contribution in [0.25, 0.3) is 0 Å². The molecule has 0 radical (unpaired) electrons. The first-order valence-electron chi connectivity index (χ1n) is 13.7. The molecule has 1 aliphatic heterocycles. The van der Waals surface area contributed by atoms with E-state index < -0.39 is 23.0 Å². The number of amides is 2. The van der Waals surface area contributed by atoms with Gasteiger partial charge in [-0.2, -0.15) is 0 Å². The standard InChI is InChI=1S/C16H31NO4.C13H27NO4/c1-14(2,3)21-13(18)17-12(10-20-16(17,6)7)9-15(4,5)11-19-8;1-12(2,3)18-11(16)14-10(8-15)7-13(4,5)9-17-6/h12H,9-11H2,1-8H3;10,15H,7-9H2,1-6H3,(H,14,16)/t12-;10-/m00/s1. The van der Waals surface area contributed by atoms with Gasteiger partial charge in [0.25, 0.3) is 0 Å². The first-order chi connectivity index (χ1) is 17.5. The SMILES string of the molecule is COCC(C)(C)C[C@@H](CO)NC(=O)OC(C)(C)C.COCC(C)(C)C[C@H]1COC(C)(C)N1C(=O)OC(C)(C)C. The van der Waals surface area contributed by atoms with Gasteiger partial charge in [0.2, 0.25) is 0 Å². The van der Waals surface area contributed by atoms with Crippen LogP contribution in [0.15, 0.2) is 0 Å². The Balaban J connectivity index is 0.000000751. The molecule has 0 aliphatic carbocycles.